The minimum Gasteiger partial charge on any atom is -0.336 e. The van der Waals surface area contributed by atoms with Crippen molar-refractivity contribution in [3.8, 4) is 0 Å². The molecule has 0 saturated carbocycles. The molecule has 138 valence electrons. The summed E-state index contributed by atoms with van der Waals surface area (Å²) in [7, 11) is -3.56. The first kappa shape index (κ1) is 19.2. The maximum absolute atomic E-state index is 13.2. The number of piperazine rings is 1. The van der Waals surface area contributed by atoms with Crippen molar-refractivity contribution in [1.29, 1.82) is 0 Å². The number of benzene rings is 2. The van der Waals surface area contributed by atoms with Gasteiger partial charge in [-0.15, -0.1) is 0 Å². The van der Waals surface area contributed by atoms with Crippen LogP contribution in [0.3, 0.4) is 0 Å². The van der Waals surface area contributed by atoms with E-state index in [-0.39, 0.29) is 29.7 Å². The summed E-state index contributed by atoms with van der Waals surface area (Å²) in [6.45, 7) is 2.98. The van der Waals surface area contributed by atoms with Gasteiger partial charge in [-0.1, -0.05) is 17.7 Å². The Balaban J connectivity index is 1.70. The zero-order valence-electron chi connectivity index (χ0n) is 14.2. The molecule has 2 aromatic carbocycles. The summed E-state index contributed by atoms with van der Waals surface area (Å²) in [6, 6.07) is 10.8. The molecule has 1 aliphatic rings. The van der Waals surface area contributed by atoms with Crippen molar-refractivity contribution in [3.05, 3.63) is 63.0 Å². The van der Waals surface area contributed by atoms with Crippen molar-refractivity contribution in [2.75, 3.05) is 26.2 Å². The van der Waals surface area contributed by atoms with Gasteiger partial charge < -0.3 is 4.90 Å². The Kier molecular flexibility index (Phi) is 5.64. The van der Waals surface area contributed by atoms with Crippen LogP contribution in [0.15, 0.2) is 47.4 Å². The molecule has 0 bridgehead atoms. The third-order valence-corrected chi connectivity index (χ3v) is 7.15. The van der Waals surface area contributed by atoms with Gasteiger partial charge in [-0.3, -0.25) is 4.79 Å². The monoisotopic (exact) mass is 488 g/mol. The molecule has 8 heteroatoms. The molecule has 0 radical (unpaired) electrons. The van der Waals surface area contributed by atoms with E-state index >= 15 is 0 Å². The standard InChI is InChI=1S/C18H18FIN2O3S/c1-13-2-5-15(6-3-13)26(24,25)22-10-8-21(9-11-22)18(23)16-7-4-14(19)12-17(16)20/h2-7,12H,8-11H2,1H3. The average Bonchev–Trinajstić information content (AvgIpc) is 2.62. The fraction of sp³-hybridized carbons (Fsp3) is 0.278. The Labute approximate surface area is 166 Å². The number of rotatable bonds is 3. The molecule has 0 N–H and O–H groups in total. The van der Waals surface area contributed by atoms with E-state index in [4.69, 9.17) is 0 Å². The Morgan fingerprint density at radius 3 is 2.23 bits per heavy atom. The Morgan fingerprint density at radius 2 is 1.65 bits per heavy atom. The molecule has 1 aliphatic heterocycles. The van der Waals surface area contributed by atoms with E-state index in [0.29, 0.717) is 22.2 Å². The first-order valence-corrected chi connectivity index (χ1v) is 10.6. The lowest BCUT2D eigenvalue weighted by Gasteiger charge is -2.34. The fourth-order valence-electron chi connectivity index (χ4n) is 2.82. The van der Waals surface area contributed by atoms with Crippen molar-refractivity contribution in [1.82, 2.24) is 9.21 Å². The van der Waals surface area contributed by atoms with E-state index in [1.54, 1.807) is 29.2 Å². The van der Waals surface area contributed by atoms with Gasteiger partial charge in [0.25, 0.3) is 5.91 Å². The minimum absolute atomic E-state index is 0.207. The molecule has 0 unspecified atom stereocenters. The first-order chi connectivity index (χ1) is 12.3. The first-order valence-electron chi connectivity index (χ1n) is 8.10. The predicted octanol–water partition coefficient (Wildman–Crippen LogP) is 2.89. The lowest BCUT2D eigenvalue weighted by molar-refractivity contribution is 0.0696. The number of aryl methyl sites for hydroxylation is 1. The number of halogens is 2. The summed E-state index contributed by atoms with van der Waals surface area (Å²) >= 11 is 1.93. The smallest absolute Gasteiger partial charge is 0.255 e. The number of carbonyl (C=O) groups is 1. The molecule has 0 aromatic heterocycles. The van der Waals surface area contributed by atoms with Gasteiger partial charge in [0.1, 0.15) is 5.82 Å². The van der Waals surface area contributed by atoms with Gasteiger partial charge >= 0.3 is 0 Å². The van der Waals surface area contributed by atoms with Crippen LogP contribution in [0.1, 0.15) is 15.9 Å². The quantitative estimate of drug-likeness (QED) is 0.625. The second kappa shape index (κ2) is 7.61. The number of hydrogen-bond donors (Lipinski definition) is 0. The Bertz CT molecular complexity index is 924. The normalized spacial score (nSPS) is 15.9. The molecule has 1 fully saturated rings. The van der Waals surface area contributed by atoms with Gasteiger partial charge in [-0.25, -0.2) is 12.8 Å². The van der Waals surface area contributed by atoms with Gasteiger partial charge in [0, 0.05) is 29.7 Å². The summed E-state index contributed by atoms with van der Waals surface area (Å²) in [6.07, 6.45) is 0. The van der Waals surface area contributed by atoms with E-state index in [1.165, 1.54) is 22.5 Å². The molecule has 1 amide bonds. The molecule has 26 heavy (non-hydrogen) atoms. The third kappa shape index (κ3) is 3.91. The fourth-order valence-corrected chi connectivity index (χ4v) is 4.95. The number of sulfonamides is 1. The van der Waals surface area contributed by atoms with E-state index in [1.807, 2.05) is 29.5 Å². The summed E-state index contributed by atoms with van der Waals surface area (Å²) in [4.78, 5) is 14.5. The molecule has 0 atom stereocenters. The third-order valence-electron chi connectivity index (χ3n) is 4.35. The van der Waals surface area contributed by atoms with Crippen LogP contribution in [0.2, 0.25) is 0 Å². The van der Waals surface area contributed by atoms with Crippen LogP contribution in [0.4, 0.5) is 4.39 Å². The van der Waals surface area contributed by atoms with Crippen molar-refractivity contribution >= 4 is 38.5 Å². The highest BCUT2D eigenvalue weighted by molar-refractivity contribution is 14.1. The van der Waals surface area contributed by atoms with Crippen LogP contribution in [-0.2, 0) is 10.0 Å². The van der Waals surface area contributed by atoms with Gasteiger partial charge in [-0.2, -0.15) is 4.31 Å². The highest BCUT2D eigenvalue weighted by atomic mass is 127. The topological polar surface area (TPSA) is 57.7 Å². The second-order valence-corrected chi connectivity index (χ2v) is 9.23. The highest BCUT2D eigenvalue weighted by Crippen LogP contribution is 2.21. The predicted molar refractivity (Wildman–Crippen MR) is 105 cm³/mol. The van der Waals surface area contributed by atoms with Crippen molar-refractivity contribution in [3.63, 3.8) is 0 Å². The number of carbonyl (C=O) groups excluding carboxylic acids is 1. The zero-order valence-corrected chi connectivity index (χ0v) is 17.1. The van der Waals surface area contributed by atoms with E-state index in [9.17, 15) is 17.6 Å². The van der Waals surface area contributed by atoms with Gasteiger partial charge in [0.15, 0.2) is 0 Å². The molecular formula is C18H18FIN2O3S. The van der Waals surface area contributed by atoms with Gasteiger partial charge in [-0.05, 0) is 59.8 Å². The number of nitrogens with zero attached hydrogens (tertiary/aromatic N) is 2. The number of amides is 1. The molecule has 0 aliphatic carbocycles. The van der Waals surface area contributed by atoms with Crippen molar-refractivity contribution in [2.45, 2.75) is 11.8 Å². The van der Waals surface area contributed by atoms with Crippen molar-refractivity contribution in [2.24, 2.45) is 0 Å². The van der Waals surface area contributed by atoms with Gasteiger partial charge in [0.05, 0.1) is 10.5 Å². The summed E-state index contributed by atoms with van der Waals surface area (Å²) in [5.74, 6) is -0.596. The summed E-state index contributed by atoms with van der Waals surface area (Å²) in [5, 5.41) is 0. The molecule has 5 nitrogen and oxygen atoms in total. The summed E-state index contributed by atoms with van der Waals surface area (Å²) < 4.78 is 40.6. The Hall–Kier alpha value is -1.52. The van der Waals surface area contributed by atoms with Crippen molar-refractivity contribution < 1.29 is 17.6 Å². The second-order valence-electron chi connectivity index (χ2n) is 6.13. The summed E-state index contributed by atoms with van der Waals surface area (Å²) in [5.41, 5.74) is 1.43. The molecular weight excluding hydrogens is 470 g/mol. The molecule has 1 saturated heterocycles. The largest absolute Gasteiger partial charge is 0.336 e. The Morgan fingerprint density at radius 1 is 1.04 bits per heavy atom. The maximum Gasteiger partial charge on any atom is 0.255 e. The van der Waals surface area contributed by atoms with Gasteiger partial charge in [0.2, 0.25) is 10.0 Å². The van der Waals surface area contributed by atoms with Crippen LogP contribution in [0.25, 0.3) is 0 Å². The van der Waals surface area contributed by atoms with Crippen LogP contribution >= 0.6 is 22.6 Å². The van der Waals surface area contributed by atoms with E-state index in [0.717, 1.165) is 5.56 Å². The van der Waals surface area contributed by atoms with E-state index < -0.39 is 10.0 Å². The lowest BCUT2D eigenvalue weighted by atomic mass is 10.2. The SMILES string of the molecule is Cc1ccc(S(=O)(=O)N2CCN(C(=O)c3ccc(F)cc3I)CC2)cc1. The molecule has 0 spiro atoms. The van der Waals surface area contributed by atoms with Crippen LogP contribution in [0, 0.1) is 16.3 Å². The lowest BCUT2D eigenvalue weighted by Crippen LogP contribution is -2.50. The highest BCUT2D eigenvalue weighted by Gasteiger charge is 2.30. The molecule has 1 heterocycles. The molecule has 3 rings (SSSR count). The molecule has 2 aromatic rings. The van der Waals surface area contributed by atoms with Crippen LogP contribution in [0.5, 0.6) is 0 Å². The zero-order chi connectivity index (χ0) is 18.9. The minimum atomic E-state index is -3.56. The number of hydrogen-bond acceptors (Lipinski definition) is 3. The maximum atomic E-state index is 13.2. The average molecular weight is 488 g/mol. The van der Waals surface area contributed by atoms with Crippen LogP contribution < -0.4 is 0 Å². The van der Waals surface area contributed by atoms with Crippen LogP contribution in [-0.4, -0.2) is 49.7 Å². The van der Waals surface area contributed by atoms with E-state index in [2.05, 4.69) is 0 Å².